The Kier molecular flexibility index (Phi) is 6.82. The van der Waals surface area contributed by atoms with Gasteiger partial charge in [-0.1, -0.05) is 30.1 Å². The molecule has 0 unspecified atom stereocenters. The van der Waals surface area contributed by atoms with E-state index in [1.54, 1.807) is 43.5 Å². The van der Waals surface area contributed by atoms with Gasteiger partial charge in [0, 0.05) is 41.5 Å². The van der Waals surface area contributed by atoms with E-state index in [-0.39, 0.29) is 11.6 Å². The maximum absolute atomic E-state index is 12.2. The molecule has 0 bridgehead atoms. The Bertz CT molecular complexity index is 1360. The van der Waals surface area contributed by atoms with E-state index in [9.17, 15) is 4.79 Å². The predicted octanol–water partition coefficient (Wildman–Crippen LogP) is 5.00. The molecule has 1 N–H and O–H groups in total. The first kappa shape index (κ1) is 22.6. The van der Waals surface area contributed by atoms with E-state index < -0.39 is 0 Å². The van der Waals surface area contributed by atoms with Gasteiger partial charge < -0.3 is 5.32 Å². The number of carbonyl (C=O) groups excluding carboxylic acids is 1. The number of nitriles is 1. The largest absolute Gasteiger partial charge is 0.354 e. The number of aryl methyl sites for hydroxylation is 1. The van der Waals surface area contributed by atoms with Crippen molar-refractivity contribution in [3.8, 4) is 17.3 Å². The first-order chi connectivity index (χ1) is 16.0. The van der Waals surface area contributed by atoms with E-state index in [1.165, 1.54) is 4.52 Å². The molecule has 3 heterocycles. The molecule has 4 aromatic rings. The number of nitrogens with one attached hydrogen (secondary N) is 1. The third kappa shape index (κ3) is 5.11. The lowest BCUT2D eigenvalue weighted by molar-refractivity contribution is 0.0978. The first-order valence-corrected chi connectivity index (χ1v) is 11.1. The lowest BCUT2D eigenvalue weighted by atomic mass is 10.1. The van der Waals surface area contributed by atoms with Crippen LogP contribution in [0.15, 0.2) is 42.6 Å². The number of hydrogen-bond donors (Lipinski definition) is 1. The Balaban J connectivity index is 1.60. The molecule has 4 rings (SSSR count). The van der Waals surface area contributed by atoms with Crippen LogP contribution in [0.5, 0.6) is 0 Å². The zero-order chi connectivity index (χ0) is 23.4. The molecular formula is C23H19Cl2N7O. The number of nitrogens with zero attached hydrogens (tertiary/aromatic N) is 6. The van der Waals surface area contributed by atoms with Gasteiger partial charge in [0.25, 0.3) is 0 Å². The average molecular weight is 480 g/mol. The number of hydrogen-bond acceptors (Lipinski definition) is 7. The van der Waals surface area contributed by atoms with Crippen LogP contribution in [0.2, 0.25) is 10.0 Å². The molecule has 0 spiro atoms. The third-order valence-corrected chi connectivity index (χ3v) is 5.50. The van der Waals surface area contributed by atoms with Crippen molar-refractivity contribution in [3.63, 3.8) is 0 Å². The number of rotatable bonds is 8. The second-order valence-corrected chi connectivity index (χ2v) is 8.10. The highest BCUT2D eigenvalue weighted by atomic mass is 35.5. The van der Waals surface area contributed by atoms with Gasteiger partial charge >= 0.3 is 0 Å². The van der Waals surface area contributed by atoms with Crippen LogP contribution in [0.25, 0.3) is 16.9 Å². The molecule has 3 aromatic heterocycles. The van der Waals surface area contributed by atoms with Crippen LogP contribution in [0.4, 0.5) is 5.95 Å². The molecule has 10 heteroatoms. The molecule has 33 heavy (non-hydrogen) atoms. The summed E-state index contributed by atoms with van der Waals surface area (Å²) in [4.78, 5) is 25.5. The second-order valence-electron chi connectivity index (χ2n) is 7.25. The fourth-order valence-electron chi connectivity index (χ4n) is 3.22. The predicted molar refractivity (Wildman–Crippen MR) is 127 cm³/mol. The minimum absolute atomic E-state index is 0.142. The van der Waals surface area contributed by atoms with E-state index in [0.717, 1.165) is 18.5 Å². The highest BCUT2D eigenvalue weighted by Gasteiger charge is 2.17. The van der Waals surface area contributed by atoms with Gasteiger partial charge in [0.05, 0.1) is 16.3 Å². The fourth-order valence-corrected chi connectivity index (χ4v) is 3.73. The summed E-state index contributed by atoms with van der Waals surface area (Å²) in [6.07, 6.45) is 3.36. The summed E-state index contributed by atoms with van der Waals surface area (Å²) in [5.74, 6) is 0.440. The summed E-state index contributed by atoms with van der Waals surface area (Å²) in [5.41, 5.74) is 3.19. The van der Waals surface area contributed by atoms with Gasteiger partial charge in [-0.15, -0.1) is 5.10 Å². The van der Waals surface area contributed by atoms with E-state index in [1.807, 2.05) is 6.07 Å². The van der Waals surface area contributed by atoms with Crippen molar-refractivity contribution in [2.24, 2.45) is 0 Å². The number of anilines is 1. The van der Waals surface area contributed by atoms with Crippen molar-refractivity contribution in [1.82, 2.24) is 24.6 Å². The number of halogens is 2. The summed E-state index contributed by atoms with van der Waals surface area (Å²) < 4.78 is 1.52. The maximum Gasteiger partial charge on any atom is 0.226 e. The minimum atomic E-state index is -0.150. The van der Waals surface area contributed by atoms with E-state index >= 15 is 0 Å². The molecule has 166 valence electrons. The lowest BCUT2D eigenvalue weighted by Crippen LogP contribution is -2.11. The molecule has 0 aliphatic carbocycles. The SMILES string of the molecule is CCC(=O)c1nc2cc(-c3ccc(Cl)cc3Cl)nc(NCCCc3ccc(C#N)cn3)n2n1. The molecular weight excluding hydrogens is 461 g/mol. The fraction of sp³-hybridized carbons (Fsp3) is 0.217. The second kappa shape index (κ2) is 9.94. The maximum atomic E-state index is 12.2. The summed E-state index contributed by atoms with van der Waals surface area (Å²) in [7, 11) is 0. The van der Waals surface area contributed by atoms with Crippen molar-refractivity contribution in [2.45, 2.75) is 26.2 Å². The number of Topliss-reactive ketones (excluding diaryl/α,β-unsaturated/α-hetero) is 1. The van der Waals surface area contributed by atoms with Crippen LogP contribution < -0.4 is 5.32 Å². The van der Waals surface area contributed by atoms with E-state index in [4.69, 9.17) is 28.5 Å². The molecule has 0 saturated heterocycles. The number of aromatic nitrogens is 5. The Morgan fingerprint density at radius 1 is 1.18 bits per heavy atom. The van der Waals surface area contributed by atoms with Crippen LogP contribution >= 0.6 is 23.2 Å². The van der Waals surface area contributed by atoms with Crippen molar-refractivity contribution in [3.05, 3.63) is 69.7 Å². The molecule has 0 amide bonds. The van der Waals surface area contributed by atoms with Gasteiger partial charge in [-0.3, -0.25) is 9.78 Å². The van der Waals surface area contributed by atoms with Crippen LogP contribution in [0.3, 0.4) is 0 Å². The number of ketones is 1. The van der Waals surface area contributed by atoms with Crippen LogP contribution in [0.1, 0.15) is 41.6 Å². The molecule has 0 fully saturated rings. The number of fused-ring (bicyclic) bond motifs is 1. The van der Waals surface area contributed by atoms with Crippen LogP contribution in [-0.2, 0) is 6.42 Å². The number of pyridine rings is 1. The smallest absolute Gasteiger partial charge is 0.226 e. The lowest BCUT2D eigenvalue weighted by Gasteiger charge is -2.10. The quantitative estimate of drug-likeness (QED) is 0.279. The van der Waals surface area contributed by atoms with Gasteiger partial charge in [0.2, 0.25) is 17.6 Å². The molecule has 0 radical (unpaired) electrons. The van der Waals surface area contributed by atoms with E-state index in [0.29, 0.717) is 51.4 Å². The zero-order valence-corrected chi connectivity index (χ0v) is 19.2. The zero-order valence-electron chi connectivity index (χ0n) is 17.7. The molecule has 0 atom stereocenters. The van der Waals surface area contributed by atoms with Crippen molar-refractivity contribution in [1.29, 1.82) is 5.26 Å². The van der Waals surface area contributed by atoms with Gasteiger partial charge in [0.15, 0.2) is 5.65 Å². The van der Waals surface area contributed by atoms with Crippen LogP contribution in [0, 0.1) is 11.3 Å². The van der Waals surface area contributed by atoms with Crippen molar-refractivity contribution < 1.29 is 4.79 Å². The van der Waals surface area contributed by atoms with Crippen LogP contribution in [-0.4, -0.2) is 36.9 Å². The summed E-state index contributed by atoms with van der Waals surface area (Å²) in [6, 6.07) is 12.6. The highest BCUT2D eigenvalue weighted by Crippen LogP contribution is 2.30. The Morgan fingerprint density at radius 2 is 2.03 bits per heavy atom. The third-order valence-electron chi connectivity index (χ3n) is 4.95. The summed E-state index contributed by atoms with van der Waals surface area (Å²) >= 11 is 12.4. The van der Waals surface area contributed by atoms with Crippen molar-refractivity contribution in [2.75, 3.05) is 11.9 Å². The average Bonchev–Trinajstić information content (AvgIpc) is 3.26. The van der Waals surface area contributed by atoms with E-state index in [2.05, 4.69) is 31.4 Å². The molecule has 1 aromatic carbocycles. The molecule has 0 aliphatic rings. The molecule has 0 saturated carbocycles. The topological polar surface area (TPSA) is 109 Å². The number of carbonyl (C=O) groups is 1. The van der Waals surface area contributed by atoms with Gasteiger partial charge in [-0.2, -0.15) is 9.78 Å². The summed E-state index contributed by atoms with van der Waals surface area (Å²) in [5, 5.41) is 17.5. The monoisotopic (exact) mass is 479 g/mol. The highest BCUT2D eigenvalue weighted by molar-refractivity contribution is 6.36. The summed E-state index contributed by atoms with van der Waals surface area (Å²) in [6.45, 7) is 2.35. The van der Waals surface area contributed by atoms with Crippen molar-refractivity contribution >= 4 is 40.6 Å². The Hall–Kier alpha value is -3.54. The minimum Gasteiger partial charge on any atom is -0.354 e. The molecule has 8 nitrogen and oxygen atoms in total. The standard InChI is InChI=1S/C23H19Cl2N7O/c1-2-20(33)22-30-21-11-19(17-8-6-15(24)10-18(17)25)29-23(32(21)31-22)27-9-3-4-16-7-5-14(12-26)13-28-16/h5-8,10-11,13H,2-4,9H2,1H3,(H,27,29). The normalized spacial score (nSPS) is 10.8. The Morgan fingerprint density at radius 3 is 2.73 bits per heavy atom. The number of benzene rings is 1. The van der Waals surface area contributed by atoms with Gasteiger partial charge in [0.1, 0.15) is 6.07 Å². The Labute approximate surface area is 200 Å². The molecule has 0 aliphatic heterocycles. The van der Waals surface area contributed by atoms with Gasteiger partial charge in [-0.05, 0) is 43.2 Å². The first-order valence-electron chi connectivity index (χ1n) is 10.3. The van der Waals surface area contributed by atoms with Gasteiger partial charge in [-0.25, -0.2) is 9.97 Å².